The van der Waals surface area contributed by atoms with Crippen LogP contribution >= 0.6 is 11.8 Å². The van der Waals surface area contributed by atoms with Gasteiger partial charge in [-0.05, 0) is 19.3 Å². The Morgan fingerprint density at radius 1 is 1.56 bits per heavy atom. The number of hydrogen-bond acceptors (Lipinski definition) is 4. The Morgan fingerprint density at radius 2 is 2.31 bits per heavy atom. The summed E-state index contributed by atoms with van der Waals surface area (Å²) in [5, 5.41) is 17.3. The van der Waals surface area contributed by atoms with E-state index < -0.39 is 5.97 Å². The van der Waals surface area contributed by atoms with Crippen molar-refractivity contribution in [3.63, 3.8) is 0 Å². The van der Waals surface area contributed by atoms with E-state index >= 15 is 0 Å². The highest BCUT2D eigenvalue weighted by Crippen LogP contribution is 2.33. The van der Waals surface area contributed by atoms with Crippen LogP contribution in [0, 0.1) is 12.8 Å². The second-order valence-corrected chi connectivity index (χ2v) is 5.04. The Bertz CT molecular complexity index is 387. The lowest BCUT2D eigenvalue weighted by molar-refractivity contribution is -0.133. The summed E-state index contributed by atoms with van der Waals surface area (Å²) < 4.78 is 2.02. The summed E-state index contributed by atoms with van der Waals surface area (Å²) >= 11 is 1.24. The van der Waals surface area contributed by atoms with Crippen LogP contribution in [0.25, 0.3) is 0 Å². The zero-order valence-corrected chi connectivity index (χ0v) is 10.0. The van der Waals surface area contributed by atoms with Crippen molar-refractivity contribution in [2.75, 3.05) is 5.75 Å². The first kappa shape index (κ1) is 11.4. The third-order valence-electron chi connectivity index (χ3n) is 2.68. The first-order chi connectivity index (χ1) is 7.66. The number of carboxylic acids is 1. The van der Waals surface area contributed by atoms with Crippen LogP contribution in [0.3, 0.4) is 0 Å². The van der Waals surface area contributed by atoms with Gasteiger partial charge in [0.25, 0.3) is 0 Å². The van der Waals surface area contributed by atoms with Crippen LogP contribution in [0.5, 0.6) is 0 Å². The molecule has 5 nitrogen and oxygen atoms in total. The van der Waals surface area contributed by atoms with Crippen LogP contribution in [0.2, 0.25) is 0 Å². The molecule has 1 saturated carbocycles. The summed E-state index contributed by atoms with van der Waals surface area (Å²) in [6.07, 6.45) is 3.82. The summed E-state index contributed by atoms with van der Waals surface area (Å²) in [6, 6.07) is 0. The molecule has 1 aromatic rings. The van der Waals surface area contributed by atoms with E-state index in [-0.39, 0.29) is 5.75 Å². The molecule has 2 rings (SSSR count). The van der Waals surface area contributed by atoms with Crippen molar-refractivity contribution in [3.05, 3.63) is 5.82 Å². The van der Waals surface area contributed by atoms with E-state index in [0.717, 1.165) is 29.9 Å². The maximum Gasteiger partial charge on any atom is 0.313 e. The van der Waals surface area contributed by atoms with E-state index in [4.69, 9.17) is 5.11 Å². The number of carbonyl (C=O) groups is 1. The van der Waals surface area contributed by atoms with Gasteiger partial charge in [0.2, 0.25) is 0 Å². The van der Waals surface area contributed by atoms with E-state index in [9.17, 15) is 4.79 Å². The first-order valence-corrected chi connectivity index (χ1v) is 6.40. The number of rotatable bonds is 6. The monoisotopic (exact) mass is 241 g/mol. The second-order valence-electron chi connectivity index (χ2n) is 4.10. The average Bonchev–Trinajstić information content (AvgIpc) is 2.99. The standard InChI is InChI=1S/C10H15N3O2S/c1-7-11-12-10(16-6-9(14)15)13(7)5-4-8-2-3-8/h8H,2-6H2,1H3,(H,14,15). The van der Waals surface area contributed by atoms with Crippen LogP contribution in [0.1, 0.15) is 25.1 Å². The van der Waals surface area contributed by atoms with Crippen molar-refractivity contribution >= 4 is 17.7 Å². The van der Waals surface area contributed by atoms with Crippen molar-refractivity contribution in [3.8, 4) is 0 Å². The summed E-state index contributed by atoms with van der Waals surface area (Å²) in [7, 11) is 0. The Balaban J connectivity index is 1.96. The molecular formula is C10H15N3O2S. The lowest BCUT2D eigenvalue weighted by Crippen LogP contribution is -2.05. The van der Waals surface area contributed by atoms with Gasteiger partial charge in [-0.2, -0.15) is 0 Å². The highest BCUT2D eigenvalue weighted by Gasteiger charge is 2.22. The van der Waals surface area contributed by atoms with E-state index in [1.54, 1.807) is 0 Å². The van der Waals surface area contributed by atoms with Gasteiger partial charge in [0.05, 0.1) is 5.75 Å². The van der Waals surface area contributed by atoms with Crippen molar-refractivity contribution in [1.82, 2.24) is 14.8 Å². The third kappa shape index (κ3) is 2.98. The van der Waals surface area contributed by atoms with Gasteiger partial charge < -0.3 is 9.67 Å². The predicted octanol–water partition coefficient (Wildman–Crippen LogP) is 1.56. The Kier molecular flexibility index (Phi) is 3.48. The van der Waals surface area contributed by atoms with Gasteiger partial charge in [-0.3, -0.25) is 4.79 Å². The number of carboxylic acid groups (broad SMARTS) is 1. The zero-order valence-electron chi connectivity index (χ0n) is 9.22. The lowest BCUT2D eigenvalue weighted by atomic mass is 10.3. The summed E-state index contributed by atoms with van der Waals surface area (Å²) in [6.45, 7) is 2.82. The molecule has 1 N–H and O–H groups in total. The molecule has 1 heterocycles. The zero-order chi connectivity index (χ0) is 11.5. The molecular weight excluding hydrogens is 226 g/mol. The van der Waals surface area contributed by atoms with Gasteiger partial charge in [-0.15, -0.1) is 10.2 Å². The summed E-state index contributed by atoms with van der Waals surface area (Å²) in [4.78, 5) is 10.5. The molecule has 0 bridgehead atoms. The van der Waals surface area contributed by atoms with Crippen LogP contribution in [0.15, 0.2) is 5.16 Å². The van der Waals surface area contributed by atoms with Crippen molar-refractivity contribution in [2.24, 2.45) is 5.92 Å². The van der Waals surface area contributed by atoms with E-state index in [1.807, 2.05) is 11.5 Å². The minimum absolute atomic E-state index is 0.0432. The molecule has 16 heavy (non-hydrogen) atoms. The summed E-state index contributed by atoms with van der Waals surface area (Å²) in [5.74, 6) is 0.953. The lowest BCUT2D eigenvalue weighted by Gasteiger charge is -2.06. The molecule has 0 amide bonds. The SMILES string of the molecule is Cc1nnc(SCC(=O)O)n1CCC1CC1. The number of aryl methyl sites for hydroxylation is 1. The second kappa shape index (κ2) is 4.86. The normalized spacial score (nSPS) is 15.3. The van der Waals surface area contributed by atoms with E-state index in [1.165, 1.54) is 24.6 Å². The Labute approximate surface area is 98.3 Å². The smallest absolute Gasteiger partial charge is 0.313 e. The maximum absolute atomic E-state index is 10.5. The van der Waals surface area contributed by atoms with Crippen LogP contribution in [0.4, 0.5) is 0 Å². The quantitative estimate of drug-likeness (QED) is 0.765. The van der Waals surface area contributed by atoms with Crippen LogP contribution in [-0.2, 0) is 11.3 Å². The van der Waals surface area contributed by atoms with Crippen LogP contribution < -0.4 is 0 Å². The first-order valence-electron chi connectivity index (χ1n) is 5.41. The Hall–Kier alpha value is -1.04. The molecule has 0 radical (unpaired) electrons. The molecule has 0 aliphatic heterocycles. The highest BCUT2D eigenvalue weighted by atomic mass is 32.2. The molecule has 0 aromatic carbocycles. The van der Waals surface area contributed by atoms with Crippen molar-refractivity contribution in [1.29, 1.82) is 0 Å². The van der Waals surface area contributed by atoms with Crippen molar-refractivity contribution in [2.45, 2.75) is 37.9 Å². The van der Waals surface area contributed by atoms with Gasteiger partial charge in [0.15, 0.2) is 5.16 Å². The molecule has 1 fully saturated rings. The number of nitrogens with zero attached hydrogens (tertiary/aromatic N) is 3. The maximum atomic E-state index is 10.5. The molecule has 0 spiro atoms. The number of aliphatic carboxylic acids is 1. The van der Waals surface area contributed by atoms with E-state index in [2.05, 4.69) is 10.2 Å². The van der Waals surface area contributed by atoms with Gasteiger partial charge >= 0.3 is 5.97 Å². The largest absolute Gasteiger partial charge is 0.481 e. The minimum Gasteiger partial charge on any atom is -0.481 e. The summed E-state index contributed by atoms with van der Waals surface area (Å²) in [5.41, 5.74) is 0. The predicted molar refractivity (Wildman–Crippen MR) is 60.5 cm³/mol. The number of aromatic nitrogens is 3. The number of hydrogen-bond donors (Lipinski definition) is 1. The molecule has 0 atom stereocenters. The molecule has 0 saturated heterocycles. The molecule has 1 aromatic heterocycles. The highest BCUT2D eigenvalue weighted by molar-refractivity contribution is 7.99. The Morgan fingerprint density at radius 3 is 2.94 bits per heavy atom. The molecule has 6 heteroatoms. The fourth-order valence-corrected chi connectivity index (χ4v) is 2.30. The van der Waals surface area contributed by atoms with Crippen LogP contribution in [-0.4, -0.2) is 31.6 Å². The van der Waals surface area contributed by atoms with E-state index in [0.29, 0.717) is 0 Å². The molecule has 1 aliphatic carbocycles. The van der Waals surface area contributed by atoms with Gasteiger partial charge in [0.1, 0.15) is 5.82 Å². The number of thioether (sulfide) groups is 1. The molecule has 1 aliphatic rings. The third-order valence-corrected chi connectivity index (χ3v) is 3.64. The van der Waals surface area contributed by atoms with Gasteiger partial charge in [-0.25, -0.2) is 0 Å². The minimum atomic E-state index is -0.820. The fraction of sp³-hybridized carbons (Fsp3) is 0.700. The average molecular weight is 241 g/mol. The van der Waals surface area contributed by atoms with Gasteiger partial charge in [-0.1, -0.05) is 24.6 Å². The molecule has 88 valence electrons. The molecule has 0 unspecified atom stereocenters. The van der Waals surface area contributed by atoms with Gasteiger partial charge in [0, 0.05) is 6.54 Å². The fourth-order valence-electron chi connectivity index (χ4n) is 1.57. The topological polar surface area (TPSA) is 68.0 Å². The van der Waals surface area contributed by atoms with Crippen molar-refractivity contribution < 1.29 is 9.90 Å².